The van der Waals surface area contributed by atoms with E-state index >= 15 is 0 Å². The van der Waals surface area contributed by atoms with Crippen molar-refractivity contribution in [3.8, 4) is 0 Å². The number of carbonyl (C=O) groups is 2. The fourth-order valence-corrected chi connectivity index (χ4v) is 2.48. The van der Waals surface area contributed by atoms with Gasteiger partial charge in [0.15, 0.2) is 0 Å². The Hall–Kier alpha value is -3.15. The Morgan fingerprint density at radius 3 is 2.56 bits per heavy atom. The van der Waals surface area contributed by atoms with Gasteiger partial charge in [-0.3, -0.25) is 15.0 Å². The van der Waals surface area contributed by atoms with Crippen LogP contribution in [-0.2, 0) is 16.1 Å². The van der Waals surface area contributed by atoms with Gasteiger partial charge in [0, 0.05) is 13.0 Å². The van der Waals surface area contributed by atoms with Crippen molar-refractivity contribution in [3.05, 3.63) is 77.6 Å². The van der Waals surface area contributed by atoms with Crippen LogP contribution in [0.5, 0.6) is 0 Å². The van der Waals surface area contributed by atoms with Crippen molar-refractivity contribution in [2.75, 3.05) is 6.54 Å². The quantitative estimate of drug-likeness (QED) is 0.878. The predicted molar refractivity (Wildman–Crippen MR) is 92.1 cm³/mol. The number of carbonyl (C=O) groups excluding carboxylic acids is 2. The van der Waals surface area contributed by atoms with Crippen LogP contribution < -0.4 is 10.7 Å². The minimum absolute atomic E-state index is 0.0931. The summed E-state index contributed by atoms with van der Waals surface area (Å²) in [6, 6.07) is 15.5. The van der Waals surface area contributed by atoms with Crippen molar-refractivity contribution in [3.63, 3.8) is 0 Å². The maximum Gasteiger partial charge on any atom is 0.245 e. The molecule has 2 aromatic rings. The molecule has 0 aromatic heterocycles. The second kappa shape index (κ2) is 7.61. The number of amides is 2. The van der Waals surface area contributed by atoms with E-state index in [2.05, 4.69) is 10.7 Å². The van der Waals surface area contributed by atoms with Crippen molar-refractivity contribution < 1.29 is 14.0 Å². The Labute approximate surface area is 145 Å². The number of nitrogens with zero attached hydrogens (tertiary/aromatic N) is 1. The van der Waals surface area contributed by atoms with Crippen LogP contribution in [0.25, 0.3) is 5.70 Å². The van der Waals surface area contributed by atoms with Crippen LogP contribution in [0.1, 0.15) is 17.5 Å². The molecule has 0 bridgehead atoms. The molecule has 0 saturated carbocycles. The van der Waals surface area contributed by atoms with Crippen molar-refractivity contribution in [1.29, 1.82) is 0 Å². The van der Waals surface area contributed by atoms with Gasteiger partial charge in [-0.25, -0.2) is 9.40 Å². The van der Waals surface area contributed by atoms with Crippen molar-refractivity contribution in [1.82, 2.24) is 15.8 Å². The molecule has 0 radical (unpaired) electrons. The van der Waals surface area contributed by atoms with Crippen molar-refractivity contribution in [2.24, 2.45) is 0 Å². The fraction of sp³-hybridized carbons (Fsp3) is 0.158. The van der Waals surface area contributed by atoms with E-state index in [1.807, 2.05) is 36.4 Å². The number of halogens is 1. The molecule has 1 aliphatic heterocycles. The zero-order chi connectivity index (χ0) is 17.6. The molecule has 1 aliphatic rings. The molecular weight excluding hydrogens is 321 g/mol. The lowest BCUT2D eigenvalue weighted by Gasteiger charge is -2.28. The normalized spacial score (nSPS) is 13.9. The Morgan fingerprint density at radius 1 is 1.12 bits per heavy atom. The monoisotopic (exact) mass is 339 g/mol. The first-order chi connectivity index (χ1) is 12.1. The molecule has 0 atom stereocenters. The smallest absolute Gasteiger partial charge is 0.245 e. The molecule has 2 N–H and O–H groups in total. The lowest BCUT2D eigenvalue weighted by atomic mass is 10.1. The molecule has 25 heavy (non-hydrogen) atoms. The van der Waals surface area contributed by atoms with Crippen LogP contribution in [0, 0.1) is 5.82 Å². The minimum atomic E-state index is -0.321. The van der Waals surface area contributed by atoms with Gasteiger partial charge in [0.2, 0.25) is 11.8 Å². The number of nitrogens with one attached hydrogen (secondary N) is 2. The number of benzene rings is 2. The van der Waals surface area contributed by atoms with E-state index in [4.69, 9.17) is 0 Å². The summed E-state index contributed by atoms with van der Waals surface area (Å²) in [7, 11) is 0. The average Bonchev–Trinajstić information content (AvgIpc) is 2.64. The van der Waals surface area contributed by atoms with Crippen molar-refractivity contribution >= 4 is 17.5 Å². The van der Waals surface area contributed by atoms with Gasteiger partial charge in [-0.1, -0.05) is 42.5 Å². The van der Waals surface area contributed by atoms with Gasteiger partial charge in [0.1, 0.15) is 12.4 Å². The highest BCUT2D eigenvalue weighted by atomic mass is 19.1. The van der Waals surface area contributed by atoms with Gasteiger partial charge in [-0.15, -0.1) is 0 Å². The third-order valence-electron chi connectivity index (χ3n) is 3.83. The first kappa shape index (κ1) is 16.7. The van der Waals surface area contributed by atoms with Crippen LogP contribution in [-0.4, -0.2) is 23.4 Å². The Balaban J connectivity index is 1.56. The maximum atomic E-state index is 12.9. The second-order valence-electron chi connectivity index (χ2n) is 5.68. The minimum Gasteiger partial charge on any atom is -0.350 e. The van der Waals surface area contributed by atoms with E-state index in [9.17, 15) is 14.0 Å². The van der Waals surface area contributed by atoms with Gasteiger partial charge < -0.3 is 5.32 Å². The van der Waals surface area contributed by atoms with Crippen LogP contribution in [0.2, 0.25) is 0 Å². The number of hydrogen-bond acceptors (Lipinski definition) is 3. The molecular formula is C19H18FN3O2. The van der Waals surface area contributed by atoms with E-state index < -0.39 is 0 Å². The summed E-state index contributed by atoms with van der Waals surface area (Å²) in [6.07, 6.45) is 2.05. The summed E-state index contributed by atoms with van der Waals surface area (Å²) in [5.41, 5.74) is 5.53. The average molecular weight is 339 g/mol. The Morgan fingerprint density at radius 2 is 1.84 bits per heavy atom. The van der Waals surface area contributed by atoms with Gasteiger partial charge in [0.25, 0.3) is 0 Å². The summed E-state index contributed by atoms with van der Waals surface area (Å²) in [6.45, 7) is 0.187. The van der Waals surface area contributed by atoms with E-state index in [1.54, 1.807) is 12.1 Å². The molecule has 6 heteroatoms. The fourth-order valence-electron chi connectivity index (χ4n) is 2.48. The highest BCUT2D eigenvalue weighted by Crippen LogP contribution is 2.16. The van der Waals surface area contributed by atoms with E-state index in [0.29, 0.717) is 0 Å². The van der Waals surface area contributed by atoms with E-state index in [0.717, 1.165) is 16.8 Å². The first-order valence-electron chi connectivity index (χ1n) is 7.95. The van der Waals surface area contributed by atoms with Crippen LogP contribution in [0.15, 0.2) is 60.7 Å². The third kappa shape index (κ3) is 4.44. The Bertz CT molecular complexity index is 788. The summed E-state index contributed by atoms with van der Waals surface area (Å²) >= 11 is 0. The molecule has 1 heterocycles. The van der Waals surface area contributed by atoms with Gasteiger partial charge in [0.05, 0.1) is 5.70 Å². The molecule has 5 nitrogen and oxygen atoms in total. The zero-order valence-electron chi connectivity index (χ0n) is 13.5. The molecule has 2 aromatic carbocycles. The summed E-state index contributed by atoms with van der Waals surface area (Å²) in [5.74, 6) is -0.783. The Kier molecular flexibility index (Phi) is 5.09. The van der Waals surface area contributed by atoms with Crippen molar-refractivity contribution in [2.45, 2.75) is 13.0 Å². The molecule has 2 amide bonds. The predicted octanol–water partition coefficient (Wildman–Crippen LogP) is 2.22. The number of rotatable bonds is 5. The highest BCUT2D eigenvalue weighted by molar-refractivity contribution is 5.88. The summed E-state index contributed by atoms with van der Waals surface area (Å²) in [5, 5.41) is 4.03. The standard InChI is InChI=1S/C19H18FN3O2/c20-16-8-6-14(7-9-16)12-21-18(24)13-23-19(25)11-10-17(22-23)15-4-2-1-3-5-15/h1-10,22H,11-13H2,(H,21,24). The van der Waals surface area contributed by atoms with Crippen LogP contribution in [0.3, 0.4) is 0 Å². The van der Waals surface area contributed by atoms with E-state index in [-0.39, 0.29) is 37.1 Å². The third-order valence-corrected chi connectivity index (χ3v) is 3.83. The largest absolute Gasteiger partial charge is 0.350 e. The lowest BCUT2D eigenvalue weighted by Crippen LogP contribution is -2.49. The second-order valence-corrected chi connectivity index (χ2v) is 5.68. The molecule has 0 fully saturated rings. The molecule has 0 saturated heterocycles. The van der Waals surface area contributed by atoms with Gasteiger partial charge in [-0.05, 0) is 29.3 Å². The maximum absolute atomic E-state index is 12.9. The summed E-state index contributed by atoms with van der Waals surface area (Å²) in [4.78, 5) is 24.1. The van der Waals surface area contributed by atoms with Gasteiger partial charge in [-0.2, -0.15) is 0 Å². The molecule has 0 aliphatic carbocycles. The highest BCUT2D eigenvalue weighted by Gasteiger charge is 2.21. The number of hydrazine groups is 1. The summed E-state index contributed by atoms with van der Waals surface area (Å²) < 4.78 is 12.9. The molecule has 0 unspecified atom stereocenters. The first-order valence-corrected chi connectivity index (χ1v) is 7.95. The SMILES string of the molecule is O=C(CN1NC(c2ccccc2)=CCC1=O)NCc1ccc(F)cc1. The van der Waals surface area contributed by atoms with Gasteiger partial charge >= 0.3 is 0 Å². The zero-order valence-corrected chi connectivity index (χ0v) is 13.5. The topological polar surface area (TPSA) is 61.4 Å². The number of hydrogen-bond donors (Lipinski definition) is 2. The van der Waals surface area contributed by atoms with E-state index in [1.165, 1.54) is 17.1 Å². The molecule has 0 spiro atoms. The molecule has 128 valence electrons. The van der Waals surface area contributed by atoms with Crippen LogP contribution in [0.4, 0.5) is 4.39 Å². The van der Waals surface area contributed by atoms with Crippen LogP contribution >= 0.6 is 0 Å². The lowest BCUT2D eigenvalue weighted by molar-refractivity contribution is -0.137. The molecule has 3 rings (SSSR count).